The zero-order valence-corrected chi connectivity index (χ0v) is 59.9. The molecule has 12 N–H and O–H groups in total. The van der Waals surface area contributed by atoms with E-state index in [2.05, 4.69) is 67.8 Å². The van der Waals surface area contributed by atoms with Gasteiger partial charge in [0.1, 0.15) is 73.2 Å². The van der Waals surface area contributed by atoms with Crippen LogP contribution in [0.25, 0.3) is 0 Å². The molecule has 0 aliphatic carbocycles. The Kier molecular flexibility index (Phi) is 53.4. The first-order valence-corrected chi connectivity index (χ1v) is 38.9. The monoisotopic (exact) mass is 1370 g/mol. The van der Waals surface area contributed by atoms with Crippen LogP contribution in [0.1, 0.15) is 303 Å². The van der Waals surface area contributed by atoms with Crippen molar-refractivity contribution >= 4 is 5.91 Å². The predicted molar refractivity (Wildman–Crippen MR) is 379 cm³/mol. The van der Waals surface area contributed by atoms with Crippen molar-refractivity contribution in [2.45, 2.75) is 407 Å². The van der Waals surface area contributed by atoms with Gasteiger partial charge in [0.25, 0.3) is 0 Å². The third-order valence-corrected chi connectivity index (χ3v) is 19.4. The van der Waals surface area contributed by atoms with E-state index >= 15 is 0 Å². The fraction of sp³-hybridized carbons (Fsp3) is 0.883. The summed E-state index contributed by atoms with van der Waals surface area (Å²) in [6.45, 7) is 1.73. The van der Waals surface area contributed by atoms with Gasteiger partial charge in [-0.3, -0.25) is 4.79 Å². The molecule has 3 rings (SSSR count). The minimum atomic E-state index is -1.97. The Balaban J connectivity index is 1.38. The molecule has 0 spiro atoms. The summed E-state index contributed by atoms with van der Waals surface area (Å²) in [4.78, 5) is 13.5. The smallest absolute Gasteiger partial charge is 0.220 e. The molecule has 3 saturated heterocycles. The quantitative estimate of drug-likeness (QED) is 0.0199. The van der Waals surface area contributed by atoms with E-state index in [1.165, 1.54) is 199 Å². The molecular weight excluding hydrogens is 1230 g/mol. The van der Waals surface area contributed by atoms with Gasteiger partial charge >= 0.3 is 0 Å². The van der Waals surface area contributed by atoms with E-state index < -0.39 is 124 Å². The molecule has 3 aliphatic heterocycles. The Hall–Kier alpha value is -2.25. The highest BCUT2D eigenvalue weighted by molar-refractivity contribution is 5.76. The van der Waals surface area contributed by atoms with E-state index in [0.717, 1.165) is 70.6 Å². The molecule has 3 heterocycles. The van der Waals surface area contributed by atoms with Crippen molar-refractivity contribution in [3.63, 3.8) is 0 Å². The summed E-state index contributed by atoms with van der Waals surface area (Å²) in [5, 5.41) is 121. The normalized spacial score (nSPS) is 27.3. The van der Waals surface area contributed by atoms with Gasteiger partial charge in [0, 0.05) is 6.42 Å². The first kappa shape index (κ1) is 88.0. The number of allylic oxidation sites excluding steroid dienone is 8. The molecule has 0 aromatic heterocycles. The molecule has 0 aromatic carbocycles. The van der Waals surface area contributed by atoms with Crippen molar-refractivity contribution in [3.05, 3.63) is 48.6 Å². The largest absolute Gasteiger partial charge is 0.394 e. The van der Waals surface area contributed by atoms with Gasteiger partial charge < -0.3 is 89.9 Å². The first-order chi connectivity index (χ1) is 46.8. The number of amides is 1. The summed E-state index contributed by atoms with van der Waals surface area (Å²) in [5.74, 6) is -0.241. The van der Waals surface area contributed by atoms with E-state index in [1.54, 1.807) is 0 Å². The maximum absolute atomic E-state index is 13.5. The third-order valence-electron chi connectivity index (χ3n) is 19.4. The summed E-state index contributed by atoms with van der Waals surface area (Å²) < 4.78 is 34.5. The summed E-state index contributed by atoms with van der Waals surface area (Å²) in [6.07, 6.45) is 44.7. The lowest BCUT2D eigenvalue weighted by Crippen LogP contribution is -2.66. The summed E-state index contributed by atoms with van der Waals surface area (Å²) in [5.41, 5.74) is 0. The van der Waals surface area contributed by atoms with Crippen LogP contribution in [0.4, 0.5) is 0 Å². The van der Waals surface area contributed by atoms with Crippen molar-refractivity contribution in [2.24, 2.45) is 0 Å². The Morgan fingerprint density at radius 3 is 1.12 bits per heavy atom. The number of aliphatic hydroxyl groups excluding tert-OH is 11. The van der Waals surface area contributed by atoms with Crippen LogP contribution in [-0.2, 0) is 33.2 Å². The molecule has 3 fully saturated rings. The molecule has 0 bridgehead atoms. The Morgan fingerprint density at radius 1 is 0.385 bits per heavy atom. The molecule has 19 heteroatoms. The Bertz CT molecular complexity index is 1930. The van der Waals surface area contributed by atoms with Crippen molar-refractivity contribution in [1.29, 1.82) is 0 Å². The molecule has 0 radical (unpaired) electrons. The van der Waals surface area contributed by atoms with Gasteiger partial charge in [0.05, 0.1) is 38.6 Å². The van der Waals surface area contributed by atoms with E-state index in [-0.39, 0.29) is 18.9 Å². The number of ether oxygens (including phenoxy) is 6. The first-order valence-electron chi connectivity index (χ1n) is 38.9. The number of carbonyl (C=O) groups excluding carboxylic acids is 1. The second-order valence-corrected chi connectivity index (χ2v) is 27.8. The zero-order chi connectivity index (χ0) is 69.6. The van der Waals surface area contributed by atoms with Crippen LogP contribution in [0.5, 0.6) is 0 Å². The average Bonchev–Trinajstić information content (AvgIpc) is 1.09. The lowest BCUT2D eigenvalue weighted by molar-refractivity contribution is -0.379. The number of aliphatic hydroxyl groups is 11. The van der Waals surface area contributed by atoms with Crippen molar-refractivity contribution in [2.75, 3.05) is 26.4 Å². The fourth-order valence-electron chi connectivity index (χ4n) is 13.2. The molecule has 19 nitrogen and oxygen atoms in total. The fourth-order valence-corrected chi connectivity index (χ4v) is 13.2. The molecule has 0 saturated carbocycles. The second kappa shape index (κ2) is 58.3. The number of rotatable bonds is 61. The van der Waals surface area contributed by atoms with Crippen LogP contribution >= 0.6 is 0 Å². The van der Waals surface area contributed by atoms with Gasteiger partial charge in [0.2, 0.25) is 5.91 Å². The summed E-state index contributed by atoms with van der Waals surface area (Å²) in [7, 11) is 0. The molecule has 562 valence electrons. The van der Waals surface area contributed by atoms with Crippen LogP contribution in [0.3, 0.4) is 0 Å². The lowest BCUT2D eigenvalue weighted by Gasteiger charge is -2.48. The van der Waals surface area contributed by atoms with Crippen molar-refractivity contribution in [3.8, 4) is 0 Å². The number of hydrogen-bond donors (Lipinski definition) is 12. The van der Waals surface area contributed by atoms with Gasteiger partial charge in [-0.25, -0.2) is 0 Å². The van der Waals surface area contributed by atoms with Crippen LogP contribution in [0.15, 0.2) is 48.6 Å². The second-order valence-electron chi connectivity index (χ2n) is 27.8. The highest BCUT2D eigenvalue weighted by Crippen LogP contribution is 2.33. The van der Waals surface area contributed by atoms with Crippen molar-refractivity contribution in [1.82, 2.24) is 5.32 Å². The van der Waals surface area contributed by atoms with Crippen LogP contribution in [0, 0.1) is 0 Å². The predicted octanol–water partition coefficient (Wildman–Crippen LogP) is 12.1. The van der Waals surface area contributed by atoms with E-state index in [4.69, 9.17) is 28.4 Å². The van der Waals surface area contributed by atoms with Crippen LogP contribution in [-0.4, -0.2) is 193 Å². The van der Waals surface area contributed by atoms with E-state index in [1.807, 2.05) is 0 Å². The highest BCUT2D eigenvalue weighted by Gasteiger charge is 2.54. The standard InChI is InChI=1S/C77H141NO18/c1-3-5-7-9-11-13-15-17-19-21-23-25-27-29-30-31-33-35-37-39-41-43-45-47-49-51-53-55-65(83)78-60(61(82)54-52-50-48-46-44-42-40-38-36-34-32-28-26-24-22-20-18-16-14-12-10-8-6-4-2)59-91-75-71(89)68(86)73(63(57-80)93-75)96-77-72(90)69(87)74(64(58-81)94-77)95-76-70(88)67(85)66(84)62(56-79)92-76/h5,7,11,13,17,19,23,25,60-64,66-77,79-82,84-90H,3-4,6,8-10,12,14-16,18,20-22,24,26-59H2,1-2H3,(H,78,83)/b7-5-,13-11-,19-17-,25-23-. The maximum atomic E-state index is 13.5. The maximum Gasteiger partial charge on any atom is 0.220 e. The van der Waals surface area contributed by atoms with Crippen LogP contribution < -0.4 is 5.32 Å². The molecule has 0 aromatic rings. The SMILES string of the molecule is CC/C=C\C/C=C\C/C=C\C/C=C\CCCCCCCCCCCCCCCCC(=O)NC(COC1OC(CO)C(OC2OC(CO)C(OC3OC(CO)C(O)C(O)C3O)C(O)C2O)C(O)C1O)C(O)CCCCCCCCCCCCCCCCCCCCCCCCCC. The minimum Gasteiger partial charge on any atom is -0.394 e. The van der Waals surface area contributed by atoms with Gasteiger partial charge in [-0.15, -0.1) is 0 Å². The number of unbranched alkanes of at least 4 members (excludes halogenated alkanes) is 37. The molecular formula is C77H141NO18. The molecule has 1 amide bonds. The average molecular weight is 1370 g/mol. The third kappa shape index (κ3) is 38.7. The summed E-state index contributed by atoms with van der Waals surface area (Å²) in [6, 6.07) is -0.890. The molecule has 17 atom stereocenters. The highest BCUT2D eigenvalue weighted by atomic mass is 16.8. The molecule has 96 heavy (non-hydrogen) atoms. The van der Waals surface area contributed by atoms with E-state index in [0.29, 0.717) is 12.8 Å². The summed E-state index contributed by atoms with van der Waals surface area (Å²) >= 11 is 0. The zero-order valence-electron chi connectivity index (χ0n) is 59.9. The number of nitrogens with one attached hydrogen (secondary N) is 1. The van der Waals surface area contributed by atoms with Gasteiger partial charge in [-0.1, -0.05) is 294 Å². The minimum absolute atomic E-state index is 0.241. The van der Waals surface area contributed by atoms with Gasteiger partial charge in [-0.2, -0.15) is 0 Å². The topological polar surface area (TPSA) is 307 Å². The van der Waals surface area contributed by atoms with E-state index in [9.17, 15) is 61.0 Å². The van der Waals surface area contributed by atoms with Gasteiger partial charge in [-0.05, 0) is 51.4 Å². The van der Waals surface area contributed by atoms with Crippen molar-refractivity contribution < 1.29 is 89.4 Å². The number of hydrogen-bond acceptors (Lipinski definition) is 18. The Morgan fingerprint density at radius 2 is 0.719 bits per heavy atom. The van der Waals surface area contributed by atoms with Crippen LogP contribution in [0.2, 0.25) is 0 Å². The van der Waals surface area contributed by atoms with Gasteiger partial charge in [0.15, 0.2) is 18.9 Å². The molecule has 17 unspecified atom stereocenters. The molecule has 3 aliphatic rings. The lowest BCUT2D eigenvalue weighted by atomic mass is 9.96. The Labute approximate surface area is 580 Å². The number of carbonyl (C=O) groups is 1.